The Hall–Kier alpha value is -0.740. The van der Waals surface area contributed by atoms with Gasteiger partial charge >= 0.3 is 0 Å². The van der Waals surface area contributed by atoms with Crippen molar-refractivity contribution in [2.45, 2.75) is 52.1 Å². The van der Waals surface area contributed by atoms with Crippen LogP contribution in [0.5, 0.6) is 11.5 Å². The van der Waals surface area contributed by atoms with Crippen molar-refractivity contribution in [2.24, 2.45) is 5.41 Å². The van der Waals surface area contributed by atoms with Crippen LogP contribution in [0.3, 0.4) is 0 Å². The molecule has 1 aromatic carbocycles. The Bertz CT molecular complexity index is 501. The van der Waals surface area contributed by atoms with E-state index < -0.39 is 0 Å². The lowest BCUT2D eigenvalue weighted by Crippen LogP contribution is -2.43. The summed E-state index contributed by atoms with van der Waals surface area (Å²) in [6.45, 7) is 5.95. The van der Waals surface area contributed by atoms with E-state index >= 15 is 0 Å². The average molecular weight is 340 g/mol. The molecule has 2 aliphatic rings. The second-order valence-electron chi connectivity index (χ2n) is 6.48. The number of benzene rings is 1. The van der Waals surface area contributed by atoms with E-state index in [2.05, 4.69) is 47.2 Å². The van der Waals surface area contributed by atoms with Gasteiger partial charge in [-0.15, -0.1) is 0 Å². The van der Waals surface area contributed by atoms with Crippen molar-refractivity contribution in [3.63, 3.8) is 0 Å². The monoisotopic (exact) mass is 339 g/mol. The van der Waals surface area contributed by atoms with Crippen molar-refractivity contribution < 1.29 is 9.47 Å². The van der Waals surface area contributed by atoms with Gasteiger partial charge in [-0.3, -0.25) is 0 Å². The zero-order valence-corrected chi connectivity index (χ0v) is 13.8. The minimum Gasteiger partial charge on any atom is -0.454 e. The van der Waals surface area contributed by atoms with Crippen LogP contribution < -0.4 is 14.8 Å². The summed E-state index contributed by atoms with van der Waals surface area (Å²) in [5.74, 6) is 1.67. The van der Waals surface area contributed by atoms with E-state index in [1.807, 2.05) is 0 Å². The van der Waals surface area contributed by atoms with Gasteiger partial charge in [0.2, 0.25) is 6.79 Å². The molecule has 1 atom stereocenters. The fraction of sp³-hybridized carbons (Fsp3) is 0.625. The molecule has 0 saturated heterocycles. The Morgan fingerprint density at radius 2 is 2.15 bits per heavy atom. The molecule has 1 aromatic rings. The van der Waals surface area contributed by atoms with Gasteiger partial charge in [-0.1, -0.05) is 26.7 Å². The Balaban J connectivity index is 1.68. The molecule has 1 N–H and O–H groups in total. The highest BCUT2D eigenvalue weighted by Crippen LogP contribution is 2.40. The number of ether oxygens (including phenoxy) is 2. The first kappa shape index (κ1) is 14.2. The second kappa shape index (κ2) is 5.57. The Labute approximate surface area is 129 Å². The van der Waals surface area contributed by atoms with Gasteiger partial charge < -0.3 is 14.8 Å². The third kappa shape index (κ3) is 2.82. The van der Waals surface area contributed by atoms with Gasteiger partial charge in [0.1, 0.15) is 0 Å². The fourth-order valence-electron chi connectivity index (χ4n) is 3.24. The van der Waals surface area contributed by atoms with Crippen molar-refractivity contribution in [1.82, 2.24) is 5.32 Å². The predicted molar refractivity (Wildman–Crippen MR) is 83.1 cm³/mol. The molecule has 0 radical (unpaired) electrons. The van der Waals surface area contributed by atoms with Crippen molar-refractivity contribution in [3.05, 3.63) is 22.2 Å². The third-order valence-corrected chi connectivity index (χ3v) is 5.14. The smallest absolute Gasteiger partial charge is 0.231 e. The van der Waals surface area contributed by atoms with Crippen molar-refractivity contribution in [2.75, 3.05) is 6.79 Å². The molecule has 0 spiro atoms. The molecule has 0 amide bonds. The maximum absolute atomic E-state index is 5.47. The molecule has 1 heterocycles. The van der Waals surface area contributed by atoms with Gasteiger partial charge in [0.05, 0.1) is 4.47 Å². The van der Waals surface area contributed by atoms with Crippen LogP contribution >= 0.6 is 15.9 Å². The van der Waals surface area contributed by atoms with Crippen LogP contribution in [0, 0.1) is 5.41 Å². The van der Waals surface area contributed by atoms with Crippen LogP contribution in [0.2, 0.25) is 0 Å². The summed E-state index contributed by atoms with van der Waals surface area (Å²) in [7, 11) is 0. The molecule has 1 unspecified atom stereocenters. The summed E-state index contributed by atoms with van der Waals surface area (Å²) >= 11 is 3.55. The van der Waals surface area contributed by atoms with Crippen molar-refractivity contribution >= 4 is 15.9 Å². The number of fused-ring (bicyclic) bond motifs is 1. The fourth-order valence-corrected chi connectivity index (χ4v) is 3.84. The second-order valence-corrected chi connectivity index (χ2v) is 7.33. The zero-order valence-electron chi connectivity index (χ0n) is 12.2. The van der Waals surface area contributed by atoms with Gasteiger partial charge in [0.25, 0.3) is 0 Å². The number of nitrogens with one attached hydrogen (secondary N) is 1. The molecular weight excluding hydrogens is 318 g/mol. The standard InChI is InChI=1S/C16H22BrNO2/c1-16(2)6-4-3-5-14(16)18-9-11-7-12(17)15-13(8-11)19-10-20-15/h7-8,14,18H,3-6,9-10H2,1-2H3. The Kier molecular flexibility index (Phi) is 3.95. The molecule has 1 fully saturated rings. The largest absolute Gasteiger partial charge is 0.454 e. The van der Waals surface area contributed by atoms with Gasteiger partial charge in [-0.2, -0.15) is 0 Å². The van der Waals surface area contributed by atoms with Crippen LogP contribution in [-0.4, -0.2) is 12.8 Å². The van der Waals surface area contributed by atoms with E-state index in [-0.39, 0.29) is 0 Å². The maximum Gasteiger partial charge on any atom is 0.231 e. The zero-order chi connectivity index (χ0) is 14.2. The van der Waals surface area contributed by atoms with Crippen LogP contribution in [-0.2, 0) is 6.54 Å². The number of rotatable bonds is 3. The van der Waals surface area contributed by atoms with E-state index in [1.165, 1.54) is 31.2 Å². The molecule has 1 saturated carbocycles. The minimum atomic E-state index is 0.320. The average Bonchev–Trinajstić information content (AvgIpc) is 2.86. The lowest BCUT2D eigenvalue weighted by atomic mass is 9.73. The molecule has 1 aliphatic heterocycles. The summed E-state index contributed by atoms with van der Waals surface area (Å²) < 4.78 is 11.9. The lowest BCUT2D eigenvalue weighted by Gasteiger charge is -2.39. The number of halogens is 1. The number of hydrogen-bond donors (Lipinski definition) is 1. The summed E-state index contributed by atoms with van der Waals surface area (Å²) in [4.78, 5) is 0. The molecular formula is C16H22BrNO2. The molecule has 3 nitrogen and oxygen atoms in total. The van der Waals surface area contributed by atoms with Crippen LogP contribution in [0.25, 0.3) is 0 Å². The highest BCUT2D eigenvalue weighted by molar-refractivity contribution is 9.10. The molecule has 1 aliphatic carbocycles. The van der Waals surface area contributed by atoms with Gasteiger partial charge in [-0.05, 0) is 51.9 Å². The van der Waals surface area contributed by atoms with E-state index in [1.54, 1.807) is 0 Å². The van der Waals surface area contributed by atoms with Crippen LogP contribution in [0.1, 0.15) is 45.1 Å². The van der Waals surface area contributed by atoms with Crippen LogP contribution in [0.4, 0.5) is 0 Å². The van der Waals surface area contributed by atoms with E-state index in [0.29, 0.717) is 18.2 Å². The highest BCUT2D eigenvalue weighted by Gasteiger charge is 2.31. The Morgan fingerprint density at radius 1 is 1.30 bits per heavy atom. The van der Waals surface area contributed by atoms with E-state index in [0.717, 1.165) is 22.5 Å². The topological polar surface area (TPSA) is 30.5 Å². The summed E-state index contributed by atoms with van der Waals surface area (Å²) in [5, 5.41) is 3.73. The number of hydrogen-bond acceptors (Lipinski definition) is 3. The summed E-state index contributed by atoms with van der Waals surface area (Å²) in [6, 6.07) is 4.80. The van der Waals surface area contributed by atoms with Crippen molar-refractivity contribution in [3.8, 4) is 11.5 Å². The molecule has 3 rings (SSSR count). The van der Waals surface area contributed by atoms with Crippen molar-refractivity contribution in [1.29, 1.82) is 0 Å². The first-order valence-corrected chi connectivity index (χ1v) is 8.17. The molecule has 110 valence electrons. The first-order chi connectivity index (χ1) is 9.56. The molecule has 0 bridgehead atoms. The normalized spacial score (nSPS) is 23.9. The highest BCUT2D eigenvalue weighted by atomic mass is 79.9. The van der Waals surface area contributed by atoms with Crippen LogP contribution in [0.15, 0.2) is 16.6 Å². The van der Waals surface area contributed by atoms with E-state index in [9.17, 15) is 0 Å². The first-order valence-electron chi connectivity index (χ1n) is 7.38. The van der Waals surface area contributed by atoms with Gasteiger partial charge in [-0.25, -0.2) is 0 Å². The van der Waals surface area contributed by atoms with E-state index in [4.69, 9.17) is 9.47 Å². The SMILES string of the molecule is CC1(C)CCCCC1NCc1cc(Br)c2c(c1)OCO2. The molecule has 0 aromatic heterocycles. The maximum atomic E-state index is 5.47. The molecule has 20 heavy (non-hydrogen) atoms. The van der Waals surface area contributed by atoms with Gasteiger partial charge in [0, 0.05) is 12.6 Å². The predicted octanol–water partition coefficient (Wildman–Crippen LogP) is 4.24. The van der Waals surface area contributed by atoms with Gasteiger partial charge in [0.15, 0.2) is 11.5 Å². The molecule has 4 heteroatoms. The third-order valence-electron chi connectivity index (χ3n) is 4.55. The quantitative estimate of drug-likeness (QED) is 0.893. The lowest BCUT2D eigenvalue weighted by molar-refractivity contribution is 0.166. The Morgan fingerprint density at radius 3 is 2.95 bits per heavy atom. The summed E-state index contributed by atoms with van der Waals surface area (Å²) in [5.41, 5.74) is 1.63. The summed E-state index contributed by atoms with van der Waals surface area (Å²) in [6.07, 6.45) is 5.29. The minimum absolute atomic E-state index is 0.320.